The number of methoxy groups -OCH3 is 1. The highest BCUT2D eigenvalue weighted by molar-refractivity contribution is 7.99. The Morgan fingerprint density at radius 2 is 1.96 bits per heavy atom. The third kappa shape index (κ3) is 3.70. The molecule has 1 atom stereocenters. The van der Waals surface area contributed by atoms with Crippen LogP contribution in [0.15, 0.2) is 47.4 Å². The number of nitrogens with zero attached hydrogens (tertiary/aromatic N) is 1. The Bertz CT molecular complexity index is 884. The van der Waals surface area contributed by atoms with E-state index in [2.05, 4.69) is 10.1 Å². The lowest BCUT2D eigenvalue weighted by molar-refractivity contribution is -0.384. The number of rotatable bonds is 4. The Hall–Kier alpha value is -2.87. The first-order chi connectivity index (χ1) is 12.5. The largest absolute Gasteiger partial charge is 0.465 e. The lowest BCUT2D eigenvalue weighted by Crippen LogP contribution is -2.30. The lowest BCUT2D eigenvalue weighted by atomic mass is 10.0. The number of fused-ring (bicyclic) bond motifs is 1. The number of amides is 1. The second kappa shape index (κ2) is 7.57. The number of nitro groups is 1. The van der Waals surface area contributed by atoms with E-state index in [4.69, 9.17) is 0 Å². The summed E-state index contributed by atoms with van der Waals surface area (Å²) in [6.45, 7) is 0. The highest BCUT2D eigenvalue weighted by Crippen LogP contribution is 2.36. The van der Waals surface area contributed by atoms with Gasteiger partial charge in [0.05, 0.1) is 23.6 Å². The number of thioether (sulfide) groups is 1. The van der Waals surface area contributed by atoms with E-state index >= 15 is 0 Å². The van der Waals surface area contributed by atoms with Crippen LogP contribution in [0.5, 0.6) is 0 Å². The van der Waals surface area contributed by atoms with Crippen molar-refractivity contribution < 1.29 is 19.2 Å². The molecule has 0 bridgehead atoms. The molecule has 7 nitrogen and oxygen atoms in total. The summed E-state index contributed by atoms with van der Waals surface area (Å²) in [6.07, 6.45) is 0.756. The standard InChI is InChI=1S/C18H16N2O5S/c1-25-18(22)12-8-11(9-13(10-12)20(23)24)17(21)19-15-6-7-26-16-5-3-2-4-14(15)16/h2-5,8-10,15H,6-7H2,1H3,(H,19,21)/t15-/m1/s1. The summed E-state index contributed by atoms with van der Waals surface area (Å²) in [5.74, 6) is -0.336. The Labute approximate surface area is 153 Å². The predicted octanol–water partition coefficient (Wildman–Crippen LogP) is 3.35. The van der Waals surface area contributed by atoms with Gasteiger partial charge >= 0.3 is 5.97 Å². The fourth-order valence-corrected chi connectivity index (χ4v) is 3.94. The highest BCUT2D eigenvalue weighted by atomic mass is 32.2. The summed E-state index contributed by atoms with van der Waals surface area (Å²) < 4.78 is 4.61. The Balaban J connectivity index is 1.90. The smallest absolute Gasteiger partial charge is 0.338 e. The van der Waals surface area contributed by atoms with Crippen LogP contribution in [0.3, 0.4) is 0 Å². The van der Waals surface area contributed by atoms with Gasteiger partial charge in [-0.2, -0.15) is 0 Å². The molecule has 0 fully saturated rings. The third-order valence-electron chi connectivity index (χ3n) is 4.08. The average molecular weight is 372 g/mol. The maximum atomic E-state index is 12.7. The van der Waals surface area contributed by atoms with Gasteiger partial charge in [0.2, 0.25) is 0 Å². The molecule has 0 aliphatic carbocycles. The molecule has 2 aromatic rings. The quantitative estimate of drug-likeness (QED) is 0.502. The minimum absolute atomic E-state index is 0.0357. The lowest BCUT2D eigenvalue weighted by Gasteiger charge is -2.25. The summed E-state index contributed by atoms with van der Waals surface area (Å²) in [5.41, 5.74) is 0.704. The molecule has 1 aliphatic heterocycles. The molecule has 26 heavy (non-hydrogen) atoms. The molecule has 1 heterocycles. The van der Waals surface area contributed by atoms with Gasteiger partial charge in [0, 0.05) is 28.3 Å². The van der Waals surface area contributed by atoms with Crippen molar-refractivity contribution in [2.75, 3.05) is 12.9 Å². The second-order valence-electron chi connectivity index (χ2n) is 5.72. The first-order valence-corrected chi connectivity index (χ1v) is 8.88. The minimum atomic E-state index is -0.734. The van der Waals surface area contributed by atoms with E-state index < -0.39 is 16.8 Å². The van der Waals surface area contributed by atoms with E-state index in [1.165, 1.54) is 13.2 Å². The van der Waals surface area contributed by atoms with Gasteiger partial charge in [-0.3, -0.25) is 14.9 Å². The molecule has 134 valence electrons. The minimum Gasteiger partial charge on any atom is -0.465 e. The third-order valence-corrected chi connectivity index (χ3v) is 5.20. The molecule has 1 aliphatic rings. The fourth-order valence-electron chi connectivity index (χ4n) is 2.82. The monoisotopic (exact) mass is 372 g/mol. The number of ether oxygens (including phenoxy) is 1. The summed E-state index contributed by atoms with van der Waals surface area (Å²) in [6, 6.07) is 11.2. The molecule has 0 spiro atoms. The fraction of sp³-hybridized carbons (Fsp3) is 0.222. The van der Waals surface area contributed by atoms with Gasteiger partial charge in [-0.25, -0.2) is 4.79 Å². The number of esters is 1. The van der Waals surface area contributed by atoms with Crippen molar-refractivity contribution >= 4 is 29.3 Å². The SMILES string of the molecule is COC(=O)c1cc(C(=O)N[C@@H]2CCSc3ccccc32)cc([N+](=O)[O-])c1. The van der Waals surface area contributed by atoms with Crippen LogP contribution in [0.25, 0.3) is 0 Å². The number of hydrogen-bond acceptors (Lipinski definition) is 6. The topological polar surface area (TPSA) is 98.5 Å². The van der Waals surface area contributed by atoms with Gasteiger partial charge in [0.25, 0.3) is 11.6 Å². The van der Waals surface area contributed by atoms with Gasteiger partial charge < -0.3 is 10.1 Å². The molecule has 2 aromatic carbocycles. The van der Waals surface area contributed by atoms with Crippen LogP contribution >= 0.6 is 11.8 Å². The van der Waals surface area contributed by atoms with Crippen molar-refractivity contribution in [2.24, 2.45) is 0 Å². The number of carbonyl (C=O) groups excluding carboxylic acids is 2. The summed E-state index contributed by atoms with van der Waals surface area (Å²) in [4.78, 5) is 36.0. The number of non-ortho nitro benzene ring substituents is 1. The van der Waals surface area contributed by atoms with Crippen molar-refractivity contribution in [3.8, 4) is 0 Å². The van der Waals surface area contributed by atoms with Crippen LogP contribution < -0.4 is 5.32 Å². The normalized spacial score (nSPS) is 15.7. The van der Waals surface area contributed by atoms with Crippen molar-refractivity contribution in [2.45, 2.75) is 17.4 Å². The van der Waals surface area contributed by atoms with Crippen molar-refractivity contribution in [1.82, 2.24) is 5.32 Å². The number of carbonyl (C=O) groups is 2. The summed E-state index contributed by atoms with van der Waals surface area (Å²) in [5, 5.41) is 14.0. The Kier molecular flexibility index (Phi) is 5.22. The zero-order valence-corrected chi connectivity index (χ0v) is 14.7. The van der Waals surface area contributed by atoms with Gasteiger partial charge in [0.15, 0.2) is 0 Å². The number of nitrogens with one attached hydrogen (secondary N) is 1. The number of hydrogen-bond donors (Lipinski definition) is 1. The van der Waals surface area contributed by atoms with E-state index in [1.807, 2.05) is 24.3 Å². The van der Waals surface area contributed by atoms with Gasteiger partial charge in [-0.05, 0) is 24.1 Å². The van der Waals surface area contributed by atoms with E-state index in [0.29, 0.717) is 0 Å². The van der Waals surface area contributed by atoms with Crippen LogP contribution in [-0.2, 0) is 4.74 Å². The molecule has 0 saturated carbocycles. The number of benzene rings is 2. The molecule has 1 amide bonds. The van der Waals surface area contributed by atoms with Gasteiger partial charge in [0.1, 0.15) is 0 Å². The van der Waals surface area contributed by atoms with Crippen LogP contribution in [-0.4, -0.2) is 29.7 Å². The Morgan fingerprint density at radius 3 is 2.69 bits per heavy atom. The van der Waals surface area contributed by atoms with Crippen LogP contribution in [0, 0.1) is 10.1 Å². The van der Waals surface area contributed by atoms with Crippen molar-refractivity contribution in [3.05, 3.63) is 69.3 Å². The molecular weight excluding hydrogens is 356 g/mol. The maximum Gasteiger partial charge on any atom is 0.338 e. The molecular formula is C18H16N2O5S. The summed E-state index contributed by atoms with van der Waals surface area (Å²) in [7, 11) is 1.18. The van der Waals surface area contributed by atoms with Gasteiger partial charge in [-0.1, -0.05) is 18.2 Å². The average Bonchev–Trinajstić information content (AvgIpc) is 2.67. The predicted molar refractivity (Wildman–Crippen MR) is 96.4 cm³/mol. The highest BCUT2D eigenvalue weighted by Gasteiger charge is 2.24. The molecule has 8 heteroatoms. The Morgan fingerprint density at radius 1 is 1.23 bits per heavy atom. The van der Waals surface area contributed by atoms with E-state index in [-0.39, 0.29) is 22.9 Å². The van der Waals surface area contributed by atoms with Crippen LogP contribution in [0.2, 0.25) is 0 Å². The molecule has 0 saturated heterocycles. The number of nitro benzene ring substituents is 1. The zero-order chi connectivity index (χ0) is 18.7. The van der Waals surface area contributed by atoms with E-state index in [9.17, 15) is 19.7 Å². The van der Waals surface area contributed by atoms with Crippen LogP contribution in [0.4, 0.5) is 5.69 Å². The zero-order valence-electron chi connectivity index (χ0n) is 13.9. The van der Waals surface area contributed by atoms with Gasteiger partial charge in [-0.15, -0.1) is 11.8 Å². The first-order valence-electron chi connectivity index (χ1n) is 7.90. The molecule has 0 radical (unpaired) electrons. The summed E-state index contributed by atoms with van der Waals surface area (Å²) >= 11 is 1.73. The van der Waals surface area contributed by atoms with Crippen molar-refractivity contribution in [1.29, 1.82) is 0 Å². The van der Waals surface area contributed by atoms with E-state index in [0.717, 1.165) is 34.8 Å². The molecule has 1 N–H and O–H groups in total. The second-order valence-corrected chi connectivity index (χ2v) is 6.86. The molecule has 0 aromatic heterocycles. The van der Waals surface area contributed by atoms with Crippen molar-refractivity contribution in [3.63, 3.8) is 0 Å². The van der Waals surface area contributed by atoms with E-state index in [1.54, 1.807) is 11.8 Å². The molecule has 3 rings (SSSR count). The van der Waals surface area contributed by atoms with Crippen LogP contribution in [0.1, 0.15) is 38.7 Å². The molecule has 0 unspecified atom stereocenters. The first kappa shape index (κ1) is 17.9. The maximum absolute atomic E-state index is 12.7.